The molecule has 24 heavy (non-hydrogen) atoms. The highest BCUT2D eigenvalue weighted by atomic mass is 32.1. The summed E-state index contributed by atoms with van der Waals surface area (Å²) < 4.78 is 3.01. The average molecular weight is 348 g/mol. The number of aromatic nitrogens is 2. The van der Waals surface area contributed by atoms with E-state index in [1.807, 2.05) is 0 Å². The predicted molar refractivity (Wildman–Crippen MR) is 92.9 cm³/mol. The normalized spacial score (nSPS) is 11.1. The molecule has 2 aromatic rings. The van der Waals surface area contributed by atoms with Crippen LogP contribution < -0.4 is 5.56 Å². The molecule has 0 aliphatic carbocycles. The van der Waals surface area contributed by atoms with Crippen LogP contribution in [0.15, 0.2) is 34.1 Å². The van der Waals surface area contributed by atoms with E-state index in [0.29, 0.717) is 18.8 Å². The molecular formula is C15H16N4O4S. The van der Waals surface area contributed by atoms with E-state index in [-0.39, 0.29) is 21.9 Å². The number of rotatable bonds is 5. The second-order valence-corrected chi connectivity index (χ2v) is 5.21. The minimum atomic E-state index is -0.530. The molecule has 9 heteroatoms. The SMILES string of the molecule is CCn1c(O)c(C=Nc2cccc([N+](=O)[O-])c2)c(=O)n(CC)c1=S. The third-order valence-corrected chi connectivity index (χ3v) is 3.89. The summed E-state index contributed by atoms with van der Waals surface area (Å²) >= 11 is 5.19. The number of nitro groups is 1. The Labute approximate surface area is 142 Å². The highest BCUT2D eigenvalue weighted by Crippen LogP contribution is 2.20. The fraction of sp³-hybridized carbons (Fsp3) is 0.267. The maximum atomic E-state index is 12.4. The number of nitro benzene ring substituents is 1. The maximum Gasteiger partial charge on any atom is 0.271 e. The highest BCUT2D eigenvalue weighted by Gasteiger charge is 2.14. The van der Waals surface area contributed by atoms with E-state index in [1.54, 1.807) is 19.9 Å². The minimum Gasteiger partial charge on any atom is -0.494 e. The Kier molecular flexibility index (Phi) is 5.24. The van der Waals surface area contributed by atoms with Crippen LogP contribution in [0, 0.1) is 14.9 Å². The molecule has 1 aromatic carbocycles. The van der Waals surface area contributed by atoms with Crippen LogP contribution in [0.5, 0.6) is 5.88 Å². The molecule has 0 aliphatic heterocycles. The van der Waals surface area contributed by atoms with Gasteiger partial charge in [0.15, 0.2) is 4.77 Å². The highest BCUT2D eigenvalue weighted by molar-refractivity contribution is 7.71. The summed E-state index contributed by atoms with van der Waals surface area (Å²) in [5.41, 5.74) is -0.279. The van der Waals surface area contributed by atoms with Crippen LogP contribution in [0.3, 0.4) is 0 Å². The molecule has 0 fully saturated rings. The van der Waals surface area contributed by atoms with Crippen LogP contribution in [-0.4, -0.2) is 25.4 Å². The lowest BCUT2D eigenvalue weighted by Gasteiger charge is -2.13. The Morgan fingerprint density at radius 2 is 2.00 bits per heavy atom. The smallest absolute Gasteiger partial charge is 0.271 e. The van der Waals surface area contributed by atoms with Gasteiger partial charge in [-0.15, -0.1) is 0 Å². The third-order valence-electron chi connectivity index (χ3n) is 3.45. The van der Waals surface area contributed by atoms with Crippen LogP contribution in [0.4, 0.5) is 11.4 Å². The van der Waals surface area contributed by atoms with E-state index in [9.17, 15) is 20.0 Å². The van der Waals surface area contributed by atoms with Gasteiger partial charge in [0.05, 0.1) is 10.6 Å². The van der Waals surface area contributed by atoms with Crippen molar-refractivity contribution in [1.29, 1.82) is 0 Å². The zero-order valence-corrected chi connectivity index (χ0v) is 14.0. The minimum absolute atomic E-state index is 0.0150. The number of hydrogen-bond donors (Lipinski definition) is 1. The summed E-state index contributed by atoms with van der Waals surface area (Å²) in [6, 6.07) is 5.68. The molecule has 0 spiro atoms. The summed E-state index contributed by atoms with van der Waals surface area (Å²) in [5, 5.41) is 21.1. The fourth-order valence-electron chi connectivity index (χ4n) is 2.21. The van der Waals surface area contributed by atoms with Gasteiger partial charge in [0.1, 0.15) is 5.56 Å². The van der Waals surface area contributed by atoms with Crippen molar-refractivity contribution in [3.63, 3.8) is 0 Å². The van der Waals surface area contributed by atoms with Crippen LogP contribution in [0.2, 0.25) is 0 Å². The lowest BCUT2D eigenvalue weighted by Crippen LogP contribution is -2.27. The van der Waals surface area contributed by atoms with Crippen molar-refractivity contribution in [1.82, 2.24) is 9.13 Å². The summed E-state index contributed by atoms with van der Waals surface area (Å²) in [5.74, 6) is -0.272. The molecule has 1 heterocycles. The first-order valence-electron chi connectivity index (χ1n) is 7.25. The number of aliphatic imine (C=N–C) groups is 1. The molecule has 0 radical (unpaired) electrons. The molecule has 1 aromatic heterocycles. The van der Waals surface area contributed by atoms with Crippen molar-refractivity contribution < 1.29 is 10.0 Å². The molecule has 2 rings (SSSR count). The Bertz CT molecular complexity index is 930. The summed E-state index contributed by atoms with van der Waals surface area (Å²) in [4.78, 5) is 26.8. The molecule has 0 amide bonds. The number of aromatic hydroxyl groups is 1. The first kappa shape index (κ1) is 17.5. The number of benzene rings is 1. The van der Waals surface area contributed by atoms with Gasteiger partial charge in [-0.05, 0) is 32.1 Å². The zero-order chi connectivity index (χ0) is 17.9. The molecular weight excluding hydrogens is 332 g/mol. The van der Waals surface area contributed by atoms with Gasteiger partial charge in [0, 0.05) is 31.4 Å². The van der Waals surface area contributed by atoms with E-state index in [2.05, 4.69) is 4.99 Å². The summed E-state index contributed by atoms with van der Waals surface area (Å²) in [6.07, 6.45) is 1.20. The van der Waals surface area contributed by atoms with Crippen LogP contribution in [0.25, 0.3) is 0 Å². The largest absolute Gasteiger partial charge is 0.494 e. The lowest BCUT2D eigenvalue weighted by molar-refractivity contribution is -0.384. The fourth-order valence-corrected chi connectivity index (χ4v) is 2.64. The van der Waals surface area contributed by atoms with Crippen molar-refractivity contribution in [2.75, 3.05) is 0 Å². The van der Waals surface area contributed by atoms with Crippen LogP contribution in [0.1, 0.15) is 19.4 Å². The van der Waals surface area contributed by atoms with Crippen molar-refractivity contribution in [2.24, 2.45) is 4.99 Å². The van der Waals surface area contributed by atoms with Gasteiger partial charge < -0.3 is 5.11 Å². The molecule has 0 bridgehead atoms. The Hall–Kier alpha value is -2.81. The second kappa shape index (κ2) is 7.18. The standard InChI is InChI=1S/C15H16N4O4S/c1-3-17-13(20)12(14(21)18(4-2)15(17)24)9-16-10-6-5-7-11(8-10)19(22)23/h5-9,20H,3-4H2,1-2H3. The molecule has 0 aliphatic rings. The first-order chi connectivity index (χ1) is 11.4. The predicted octanol–water partition coefficient (Wildman–Crippen LogP) is 2.78. The van der Waals surface area contributed by atoms with Crippen LogP contribution >= 0.6 is 12.2 Å². The van der Waals surface area contributed by atoms with Gasteiger partial charge in [-0.25, -0.2) is 0 Å². The van der Waals surface area contributed by atoms with E-state index >= 15 is 0 Å². The van der Waals surface area contributed by atoms with Gasteiger partial charge in [0.25, 0.3) is 11.2 Å². The Balaban J connectivity index is 2.57. The quantitative estimate of drug-likeness (QED) is 0.387. The number of non-ortho nitro benzene ring substituents is 1. The number of nitrogens with zero attached hydrogens (tertiary/aromatic N) is 4. The average Bonchev–Trinajstić information content (AvgIpc) is 2.55. The van der Waals surface area contributed by atoms with Gasteiger partial charge in [-0.2, -0.15) is 0 Å². The third kappa shape index (κ3) is 3.25. The lowest BCUT2D eigenvalue weighted by atomic mass is 10.3. The van der Waals surface area contributed by atoms with Gasteiger partial charge in [0.2, 0.25) is 5.88 Å². The first-order valence-corrected chi connectivity index (χ1v) is 7.66. The van der Waals surface area contributed by atoms with Crippen LogP contribution in [-0.2, 0) is 13.1 Å². The van der Waals surface area contributed by atoms with Gasteiger partial charge >= 0.3 is 0 Å². The molecule has 0 saturated heterocycles. The topological polar surface area (TPSA) is 103 Å². The molecule has 0 atom stereocenters. The molecule has 0 unspecified atom stereocenters. The summed E-state index contributed by atoms with van der Waals surface area (Å²) in [6.45, 7) is 4.31. The monoisotopic (exact) mass is 348 g/mol. The van der Waals surface area contributed by atoms with Crippen molar-refractivity contribution in [3.8, 4) is 5.88 Å². The second-order valence-electron chi connectivity index (χ2n) is 4.85. The van der Waals surface area contributed by atoms with Gasteiger partial charge in [-0.1, -0.05) is 6.07 Å². The maximum absolute atomic E-state index is 12.4. The zero-order valence-electron chi connectivity index (χ0n) is 13.2. The molecule has 1 N–H and O–H groups in total. The van der Waals surface area contributed by atoms with E-state index in [1.165, 1.54) is 33.5 Å². The Morgan fingerprint density at radius 1 is 1.33 bits per heavy atom. The van der Waals surface area contributed by atoms with Gasteiger partial charge in [-0.3, -0.25) is 29.0 Å². The van der Waals surface area contributed by atoms with Crippen molar-refractivity contribution in [2.45, 2.75) is 26.9 Å². The Morgan fingerprint density at radius 3 is 2.58 bits per heavy atom. The van der Waals surface area contributed by atoms with Crippen molar-refractivity contribution >= 4 is 29.8 Å². The molecule has 126 valence electrons. The van der Waals surface area contributed by atoms with E-state index in [4.69, 9.17) is 12.2 Å². The van der Waals surface area contributed by atoms with E-state index in [0.717, 1.165) is 0 Å². The van der Waals surface area contributed by atoms with E-state index < -0.39 is 10.5 Å². The molecule has 8 nitrogen and oxygen atoms in total. The molecule has 0 saturated carbocycles. The number of hydrogen-bond acceptors (Lipinski definition) is 6. The summed E-state index contributed by atoms with van der Waals surface area (Å²) in [7, 11) is 0. The van der Waals surface area contributed by atoms with Crippen molar-refractivity contribution in [3.05, 3.63) is 55.1 Å².